The van der Waals surface area contributed by atoms with E-state index >= 15 is 0 Å². The van der Waals surface area contributed by atoms with Crippen LogP contribution in [0, 0.1) is 0 Å². The normalized spacial score (nSPS) is 20.0. The first-order chi connectivity index (χ1) is 14.5. The lowest BCUT2D eigenvalue weighted by molar-refractivity contribution is -0.145. The van der Waals surface area contributed by atoms with Crippen LogP contribution in [0.2, 0.25) is 0 Å². The Labute approximate surface area is 176 Å². The summed E-state index contributed by atoms with van der Waals surface area (Å²) < 4.78 is 22.1. The molecule has 1 aromatic rings. The molecule has 2 amide bonds. The van der Waals surface area contributed by atoms with Crippen molar-refractivity contribution in [1.29, 1.82) is 0 Å². The monoisotopic (exact) mass is 418 g/mol. The van der Waals surface area contributed by atoms with Gasteiger partial charge in [-0.2, -0.15) is 0 Å². The zero-order chi connectivity index (χ0) is 21.7. The predicted molar refractivity (Wildman–Crippen MR) is 111 cm³/mol. The molecule has 1 saturated carbocycles. The van der Waals surface area contributed by atoms with E-state index < -0.39 is 18.0 Å². The summed E-state index contributed by atoms with van der Waals surface area (Å²) in [6.45, 7) is 1.70. The van der Waals surface area contributed by atoms with Gasteiger partial charge in [0, 0.05) is 5.70 Å². The Morgan fingerprint density at radius 1 is 0.967 bits per heavy atom. The second-order valence-electron chi connectivity index (χ2n) is 7.55. The molecule has 0 bridgehead atoms. The Morgan fingerprint density at radius 3 is 2.10 bits per heavy atom. The minimum atomic E-state index is -0.703. The highest BCUT2D eigenvalue weighted by molar-refractivity contribution is 5.95. The zero-order valence-electron chi connectivity index (χ0n) is 18.0. The average molecular weight is 418 g/mol. The number of urea groups is 1. The van der Waals surface area contributed by atoms with Gasteiger partial charge in [0.1, 0.15) is 6.10 Å². The van der Waals surface area contributed by atoms with Gasteiger partial charge in [0.2, 0.25) is 5.75 Å². The second-order valence-corrected chi connectivity index (χ2v) is 7.55. The third-order valence-electron chi connectivity index (χ3n) is 5.59. The highest BCUT2D eigenvalue weighted by atomic mass is 16.5. The molecule has 2 N–H and O–H groups in total. The van der Waals surface area contributed by atoms with Crippen LogP contribution in [-0.4, -0.2) is 39.4 Å². The fourth-order valence-corrected chi connectivity index (χ4v) is 4.06. The summed E-state index contributed by atoms with van der Waals surface area (Å²) >= 11 is 0. The maximum absolute atomic E-state index is 13.2. The largest absolute Gasteiger partial charge is 0.493 e. The van der Waals surface area contributed by atoms with Crippen molar-refractivity contribution in [1.82, 2.24) is 10.6 Å². The predicted octanol–water partition coefficient (Wildman–Crippen LogP) is 3.61. The molecule has 1 unspecified atom stereocenters. The van der Waals surface area contributed by atoms with Crippen molar-refractivity contribution < 1.29 is 28.5 Å². The van der Waals surface area contributed by atoms with Crippen LogP contribution in [0.4, 0.5) is 4.79 Å². The van der Waals surface area contributed by atoms with Crippen molar-refractivity contribution in [3.8, 4) is 17.2 Å². The number of amides is 2. The number of benzene rings is 1. The fourth-order valence-electron chi connectivity index (χ4n) is 4.06. The van der Waals surface area contributed by atoms with E-state index in [0.717, 1.165) is 25.7 Å². The molecule has 0 saturated heterocycles. The smallest absolute Gasteiger partial charge is 0.338 e. The molecule has 2 aliphatic rings. The second kappa shape index (κ2) is 9.73. The van der Waals surface area contributed by atoms with E-state index in [1.165, 1.54) is 34.2 Å². The molecule has 1 aromatic carbocycles. The van der Waals surface area contributed by atoms with Gasteiger partial charge in [-0.3, -0.25) is 0 Å². The summed E-state index contributed by atoms with van der Waals surface area (Å²) in [6, 6.07) is 2.36. The minimum absolute atomic E-state index is 0.0986. The summed E-state index contributed by atoms with van der Waals surface area (Å²) in [5.41, 5.74) is 1.47. The van der Waals surface area contributed by atoms with Crippen molar-refractivity contribution in [2.45, 2.75) is 57.6 Å². The first kappa shape index (κ1) is 21.8. The van der Waals surface area contributed by atoms with Crippen LogP contribution in [0.3, 0.4) is 0 Å². The van der Waals surface area contributed by atoms with Crippen molar-refractivity contribution in [2.24, 2.45) is 0 Å². The quantitative estimate of drug-likeness (QED) is 0.541. The number of esters is 1. The van der Waals surface area contributed by atoms with Gasteiger partial charge >= 0.3 is 12.0 Å². The first-order valence-corrected chi connectivity index (χ1v) is 10.3. The fraction of sp³-hybridized carbons (Fsp3) is 0.545. The van der Waals surface area contributed by atoms with Gasteiger partial charge in [-0.25, -0.2) is 9.59 Å². The molecule has 164 valence electrons. The summed E-state index contributed by atoms with van der Waals surface area (Å²) in [6.07, 6.45) is 6.09. The SMILES string of the molecule is COc1cc(C2NC(=O)NC(C)=C2C(=O)OC2CCCCCC2)cc(OC)c1OC. The summed E-state index contributed by atoms with van der Waals surface area (Å²) in [5, 5.41) is 5.50. The van der Waals surface area contributed by atoms with Gasteiger partial charge < -0.3 is 29.6 Å². The van der Waals surface area contributed by atoms with Crippen LogP contribution >= 0.6 is 0 Å². The van der Waals surface area contributed by atoms with E-state index in [4.69, 9.17) is 18.9 Å². The minimum Gasteiger partial charge on any atom is -0.493 e. The molecule has 1 fully saturated rings. The maximum Gasteiger partial charge on any atom is 0.338 e. The average Bonchev–Trinajstić information content (AvgIpc) is 3.00. The van der Waals surface area contributed by atoms with Crippen LogP contribution in [0.5, 0.6) is 17.2 Å². The number of carbonyl (C=O) groups excluding carboxylic acids is 2. The molecule has 8 heteroatoms. The Bertz CT molecular complexity index is 802. The first-order valence-electron chi connectivity index (χ1n) is 10.3. The van der Waals surface area contributed by atoms with E-state index in [1.807, 2.05) is 0 Å². The highest BCUT2D eigenvalue weighted by Gasteiger charge is 2.34. The van der Waals surface area contributed by atoms with E-state index in [-0.39, 0.29) is 6.10 Å². The molecule has 8 nitrogen and oxygen atoms in total. The van der Waals surface area contributed by atoms with E-state index in [1.54, 1.807) is 19.1 Å². The summed E-state index contributed by atoms with van der Waals surface area (Å²) in [4.78, 5) is 25.4. The Morgan fingerprint density at radius 2 is 1.57 bits per heavy atom. The standard InChI is InChI=1S/C22H30N2O6/c1-13-18(21(25)30-15-9-7-5-6-8-10-15)19(24-22(26)23-13)14-11-16(27-2)20(29-4)17(12-14)28-3/h11-12,15,19H,5-10H2,1-4H3,(H2,23,24,26). The number of rotatable bonds is 6. The van der Waals surface area contributed by atoms with Crippen LogP contribution in [0.15, 0.2) is 23.4 Å². The molecule has 1 aliphatic carbocycles. The molecule has 0 spiro atoms. The van der Waals surface area contributed by atoms with Gasteiger partial charge in [0.15, 0.2) is 11.5 Å². The number of carbonyl (C=O) groups is 2. The summed E-state index contributed by atoms with van der Waals surface area (Å²) in [5.74, 6) is 0.889. The Kier molecular flexibility index (Phi) is 7.07. The lowest BCUT2D eigenvalue weighted by Crippen LogP contribution is -2.45. The third kappa shape index (κ3) is 4.63. The van der Waals surface area contributed by atoms with Gasteiger partial charge in [-0.1, -0.05) is 12.8 Å². The van der Waals surface area contributed by atoms with Gasteiger partial charge in [0.05, 0.1) is 32.9 Å². The molecule has 1 aliphatic heterocycles. The van der Waals surface area contributed by atoms with Crippen molar-refractivity contribution >= 4 is 12.0 Å². The lowest BCUT2D eigenvalue weighted by atomic mass is 9.94. The van der Waals surface area contributed by atoms with Crippen LogP contribution < -0.4 is 24.8 Å². The van der Waals surface area contributed by atoms with Gasteiger partial charge in [0.25, 0.3) is 0 Å². The molecule has 30 heavy (non-hydrogen) atoms. The van der Waals surface area contributed by atoms with Crippen LogP contribution in [0.1, 0.15) is 57.1 Å². The number of allylic oxidation sites excluding steroid dienone is 1. The topological polar surface area (TPSA) is 95.1 Å². The maximum atomic E-state index is 13.2. The highest BCUT2D eigenvalue weighted by Crippen LogP contribution is 2.41. The molecular weight excluding hydrogens is 388 g/mol. The van der Waals surface area contributed by atoms with Gasteiger partial charge in [-0.05, 0) is 50.3 Å². The van der Waals surface area contributed by atoms with Crippen molar-refractivity contribution in [3.05, 3.63) is 29.0 Å². The van der Waals surface area contributed by atoms with Crippen LogP contribution in [-0.2, 0) is 9.53 Å². The van der Waals surface area contributed by atoms with E-state index in [9.17, 15) is 9.59 Å². The summed E-state index contributed by atoms with van der Waals surface area (Å²) in [7, 11) is 4.56. The Hall–Kier alpha value is -2.90. The molecular formula is C22H30N2O6. The molecule has 1 atom stereocenters. The molecule has 1 heterocycles. The number of methoxy groups -OCH3 is 3. The van der Waals surface area contributed by atoms with E-state index in [0.29, 0.717) is 34.1 Å². The number of hydrogen-bond donors (Lipinski definition) is 2. The van der Waals surface area contributed by atoms with Crippen molar-refractivity contribution in [3.63, 3.8) is 0 Å². The van der Waals surface area contributed by atoms with Gasteiger partial charge in [-0.15, -0.1) is 0 Å². The molecule has 3 rings (SSSR count). The zero-order valence-corrected chi connectivity index (χ0v) is 18.0. The van der Waals surface area contributed by atoms with E-state index in [2.05, 4.69) is 10.6 Å². The number of hydrogen-bond acceptors (Lipinski definition) is 6. The Balaban J connectivity index is 1.96. The third-order valence-corrected chi connectivity index (χ3v) is 5.59. The van der Waals surface area contributed by atoms with Crippen LogP contribution in [0.25, 0.3) is 0 Å². The number of nitrogens with one attached hydrogen (secondary N) is 2. The molecule has 0 radical (unpaired) electrons. The lowest BCUT2D eigenvalue weighted by Gasteiger charge is -2.30. The molecule has 0 aromatic heterocycles. The van der Waals surface area contributed by atoms with Crippen molar-refractivity contribution in [2.75, 3.05) is 21.3 Å². The number of ether oxygens (including phenoxy) is 4.